The molecule has 0 spiro atoms. The molecule has 1 unspecified atom stereocenters. The quantitative estimate of drug-likeness (QED) is 0.827. The minimum Gasteiger partial charge on any atom is -0.484 e. The predicted octanol–water partition coefficient (Wildman–Crippen LogP) is 3.26. The Morgan fingerprint density at radius 3 is 2.81 bits per heavy atom. The monoisotopic (exact) mass is 370 g/mol. The Balaban J connectivity index is 1.31. The highest BCUT2D eigenvalue weighted by Crippen LogP contribution is 2.23. The maximum absolute atomic E-state index is 12.6. The van der Waals surface area contributed by atoms with Gasteiger partial charge >= 0.3 is 0 Å². The molecule has 0 bridgehead atoms. The van der Waals surface area contributed by atoms with Gasteiger partial charge in [-0.2, -0.15) is 11.8 Å². The second-order valence-electron chi connectivity index (χ2n) is 7.09. The molecule has 4 rings (SSSR count). The van der Waals surface area contributed by atoms with E-state index in [-0.39, 0.29) is 12.5 Å². The van der Waals surface area contributed by atoms with E-state index in [1.54, 1.807) is 0 Å². The van der Waals surface area contributed by atoms with Crippen LogP contribution in [-0.4, -0.2) is 66.0 Å². The molecule has 2 aliphatic rings. The lowest BCUT2D eigenvalue weighted by Gasteiger charge is -2.26. The average Bonchev–Trinajstić information content (AvgIpc) is 3.10. The molecule has 2 aliphatic heterocycles. The third-order valence-corrected chi connectivity index (χ3v) is 6.53. The zero-order valence-corrected chi connectivity index (χ0v) is 15.9. The largest absolute Gasteiger partial charge is 0.484 e. The van der Waals surface area contributed by atoms with Gasteiger partial charge in [-0.05, 0) is 41.5 Å². The normalized spacial score (nSPS) is 21.7. The molecule has 5 heteroatoms. The second kappa shape index (κ2) is 8.31. The van der Waals surface area contributed by atoms with Crippen LogP contribution in [0.15, 0.2) is 42.5 Å². The summed E-state index contributed by atoms with van der Waals surface area (Å²) in [6, 6.07) is 14.9. The van der Waals surface area contributed by atoms with Gasteiger partial charge in [0.2, 0.25) is 0 Å². The number of ether oxygens (including phenoxy) is 1. The van der Waals surface area contributed by atoms with Crippen LogP contribution in [0.2, 0.25) is 0 Å². The topological polar surface area (TPSA) is 32.8 Å². The maximum Gasteiger partial charge on any atom is 0.260 e. The molecule has 0 aromatic heterocycles. The van der Waals surface area contributed by atoms with Crippen molar-refractivity contribution in [2.45, 2.75) is 18.9 Å². The first-order valence-electron chi connectivity index (χ1n) is 9.51. The van der Waals surface area contributed by atoms with E-state index in [0.29, 0.717) is 6.04 Å². The van der Waals surface area contributed by atoms with E-state index in [1.807, 2.05) is 35.2 Å². The third-order valence-electron chi connectivity index (χ3n) is 5.39. The van der Waals surface area contributed by atoms with Crippen LogP contribution in [-0.2, 0) is 4.79 Å². The summed E-state index contributed by atoms with van der Waals surface area (Å²) >= 11 is 2.05. The van der Waals surface area contributed by atoms with Gasteiger partial charge in [0.05, 0.1) is 0 Å². The Morgan fingerprint density at radius 2 is 1.96 bits per heavy atom. The number of carbonyl (C=O) groups is 1. The van der Waals surface area contributed by atoms with Crippen LogP contribution < -0.4 is 4.74 Å². The molecule has 2 aromatic carbocycles. The predicted molar refractivity (Wildman–Crippen MR) is 108 cm³/mol. The lowest BCUT2D eigenvalue weighted by atomic mass is 10.1. The Labute approximate surface area is 159 Å². The van der Waals surface area contributed by atoms with Crippen LogP contribution in [0, 0.1) is 0 Å². The fourth-order valence-corrected chi connectivity index (χ4v) is 5.11. The second-order valence-corrected chi connectivity index (χ2v) is 8.24. The van der Waals surface area contributed by atoms with Gasteiger partial charge in [-0.3, -0.25) is 9.69 Å². The molecule has 2 saturated heterocycles. The Kier molecular flexibility index (Phi) is 5.65. The molecule has 2 aromatic rings. The fraction of sp³-hybridized carbons (Fsp3) is 0.476. The molecule has 1 atom stereocenters. The lowest BCUT2D eigenvalue weighted by Crippen LogP contribution is -2.40. The summed E-state index contributed by atoms with van der Waals surface area (Å²) in [6.45, 7) is 3.89. The van der Waals surface area contributed by atoms with Crippen LogP contribution in [0.25, 0.3) is 10.8 Å². The minimum absolute atomic E-state index is 0.0980. The Hall–Kier alpha value is -1.72. The van der Waals surface area contributed by atoms with Crippen molar-refractivity contribution in [2.75, 3.05) is 44.3 Å². The molecule has 138 valence electrons. The standard InChI is InChI=1S/C21H26N2O2S/c24-21(15-25-20-7-6-17-4-1-2-5-18(17)14-20)23-10-3-9-22(11-12-23)19-8-13-26-16-19/h1-2,4-7,14,19H,3,8-13,15-16H2. The highest BCUT2D eigenvalue weighted by Gasteiger charge is 2.26. The number of carbonyl (C=O) groups excluding carboxylic acids is 1. The summed E-state index contributed by atoms with van der Waals surface area (Å²) in [7, 11) is 0. The Morgan fingerprint density at radius 1 is 1.08 bits per heavy atom. The van der Waals surface area contributed by atoms with Crippen LogP contribution in [0.4, 0.5) is 0 Å². The van der Waals surface area contributed by atoms with Crippen LogP contribution in [0.1, 0.15) is 12.8 Å². The number of thioether (sulfide) groups is 1. The van der Waals surface area contributed by atoms with Crippen molar-refractivity contribution in [2.24, 2.45) is 0 Å². The zero-order chi connectivity index (χ0) is 17.8. The lowest BCUT2D eigenvalue weighted by molar-refractivity contribution is -0.133. The molecular weight excluding hydrogens is 344 g/mol. The molecule has 0 saturated carbocycles. The number of hydrogen-bond donors (Lipinski definition) is 0. The molecular formula is C21H26N2O2S. The molecule has 2 heterocycles. The van der Waals surface area contributed by atoms with Gasteiger partial charge in [0.25, 0.3) is 5.91 Å². The fourth-order valence-electron chi connectivity index (χ4n) is 3.86. The SMILES string of the molecule is O=C(COc1ccc2ccccc2c1)N1CCCN(C2CCSC2)CC1. The summed E-state index contributed by atoms with van der Waals surface area (Å²) < 4.78 is 5.79. The van der Waals surface area contributed by atoms with Crippen LogP contribution in [0.5, 0.6) is 5.75 Å². The van der Waals surface area contributed by atoms with Gasteiger partial charge in [0.15, 0.2) is 6.61 Å². The van der Waals surface area contributed by atoms with Crippen molar-refractivity contribution < 1.29 is 9.53 Å². The smallest absolute Gasteiger partial charge is 0.260 e. The van der Waals surface area contributed by atoms with E-state index in [4.69, 9.17) is 4.74 Å². The molecule has 1 amide bonds. The van der Waals surface area contributed by atoms with Crippen molar-refractivity contribution in [3.8, 4) is 5.75 Å². The molecule has 0 aliphatic carbocycles. The number of hydrogen-bond acceptors (Lipinski definition) is 4. The number of nitrogens with zero attached hydrogens (tertiary/aromatic N) is 2. The van der Waals surface area contributed by atoms with Crippen molar-refractivity contribution in [1.82, 2.24) is 9.80 Å². The number of fused-ring (bicyclic) bond motifs is 1. The van der Waals surface area contributed by atoms with E-state index >= 15 is 0 Å². The van der Waals surface area contributed by atoms with Gasteiger partial charge in [-0.1, -0.05) is 30.3 Å². The highest BCUT2D eigenvalue weighted by molar-refractivity contribution is 7.99. The van der Waals surface area contributed by atoms with Gasteiger partial charge in [-0.25, -0.2) is 0 Å². The van der Waals surface area contributed by atoms with E-state index in [0.717, 1.165) is 43.7 Å². The minimum atomic E-state index is 0.0980. The van der Waals surface area contributed by atoms with E-state index < -0.39 is 0 Å². The van der Waals surface area contributed by atoms with E-state index in [9.17, 15) is 4.79 Å². The number of rotatable bonds is 4. The van der Waals surface area contributed by atoms with Gasteiger partial charge in [0, 0.05) is 38.0 Å². The summed E-state index contributed by atoms with van der Waals surface area (Å²) in [5, 5.41) is 2.32. The molecule has 4 nitrogen and oxygen atoms in total. The summed E-state index contributed by atoms with van der Waals surface area (Å²) in [5.74, 6) is 3.39. The van der Waals surface area contributed by atoms with Crippen LogP contribution in [0.3, 0.4) is 0 Å². The number of benzene rings is 2. The van der Waals surface area contributed by atoms with Gasteiger partial charge in [0.1, 0.15) is 5.75 Å². The molecule has 0 N–H and O–H groups in total. The highest BCUT2D eigenvalue weighted by atomic mass is 32.2. The van der Waals surface area contributed by atoms with Gasteiger partial charge in [-0.15, -0.1) is 0 Å². The van der Waals surface area contributed by atoms with Crippen molar-refractivity contribution in [1.29, 1.82) is 0 Å². The van der Waals surface area contributed by atoms with Crippen molar-refractivity contribution in [3.63, 3.8) is 0 Å². The first-order valence-corrected chi connectivity index (χ1v) is 10.7. The zero-order valence-electron chi connectivity index (χ0n) is 15.1. The maximum atomic E-state index is 12.6. The van der Waals surface area contributed by atoms with Crippen molar-refractivity contribution >= 4 is 28.4 Å². The Bertz CT molecular complexity index is 761. The average molecular weight is 371 g/mol. The van der Waals surface area contributed by atoms with Crippen LogP contribution >= 0.6 is 11.8 Å². The third kappa shape index (κ3) is 4.15. The van der Waals surface area contributed by atoms with Crippen molar-refractivity contribution in [3.05, 3.63) is 42.5 Å². The molecule has 26 heavy (non-hydrogen) atoms. The van der Waals surface area contributed by atoms with E-state index in [1.165, 1.54) is 23.3 Å². The molecule has 0 radical (unpaired) electrons. The number of amides is 1. The summed E-state index contributed by atoms with van der Waals surface area (Å²) in [4.78, 5) is 17.2. The van der Waals surface area contributed by atoms with E-state index in [2.05, 4.69) is 28.8 Å². The van der Waals surface area contributed by atoms with Gasteiger partial charge < -0.3 is 9.64 Å². The first-order chi connectivity index (χ1) is 12.8. The first kappa shape index (κ1) is 17.7. The molecule has 2 fully saturated rings. The summed E-state index contributed by atoms with van der Waals surface area (Å²) in [6.07, 6.45) is 2.35. The summed E-state index contributed by atoms with van der Waals surface area (Å²) in [5.41, 5.74) is 0.